The summed E-state index contributed by atoms with van der Waals surface area (Å²) < 4.78 is 4.83. The quantitative estimate of drug-likeness (QED) is 0.410. The van der Waals surface area contributed by atoms with E-state index in [1.165, 1.54) is 0 Å². The maximum Gasteiger partial charge on any atom is 0.0659 e. The highest BCUT2D eigenvalue weighted by molar-refractivity contribution is 5.77. The third-order valence-electron chi connectivity index (χ3n) is 4.45. The number of H-pyrrole nitrogens is 2. The van der Waals surface area contributed by atoms with Gasteiger partial charge >= 0.3 is 0 Å². The van der Waals surface area contributed by atoms with Crippen LogP contribution in [0.25, 0.3) is 46.4 Å². The molecule has 0 fully saturated rings. The summed E-state index contributed by atoms with van der Waals surface area (Å²) in [5, 5.41) is 0. The normalized spacial score (nSPS) is 11.9. The highest BCUT2D eigenvalue weighted by atomic mass is 16.5. The lowest BCUT2D eigenvalue weighted by Gasteiger charge is -1.86. The second-order valence-electron chi connectivity index (χ2n) is 6.69. The van der Waals surface area contributed by atoms with Crippen molar-refractivity contribution in [3.63, 3.8) is 0 Å². The average molecular weight is 384 g/mol. The summed E-state index contributed by atoms with van der Waals surface area (Å²) in [5.41, 5.74) is 7.86. The van der Waals surface area contributed by atoms with E-state index in [0.29, 0.717) is 0 Å². The third-order valence-corrected chi connectivity index (χ3v) is 4.45. The predicted molar refractivity (Wildman–Crippen MR) is 121 cm³/mol. The van der Waals surface area contributed by atoms with Crippen LogP contribution < -0.4 is 0 Å². The van der Waals surface area contributed by atoms with Crippen molar-refractivity contribution >= 4 is 46.4 Å². The molecule has 2 aliphatic rings. The van der Waals surface area contributed by atoms with Gasteiger partial charge in [-0.05, 0) is 86.7 Å². The van der Waals surface area contributed by atoms with Gasteiger partial charge < -0.3 is 14.7 Å². The molecular weight excluding hydrogens is 360 g/mol. The Kier molecular flexibility index (Phi) is 5.68. The van der Waals surface area contributed by atoms with Crippen LogP contribution in [-0.2, 0) is 4.74 Å². The van der Waals surface area contributed by atoms with Crippen LogP contribution >= 0.6 is 0 Å². The number of nitrogens with one attached hydrogen (secondary N) is 2. The lowest BCUT2D eigenvalue weighted by Crippen LogP contribution is -1.84. The van der Waals surface area contributed by atoms with E-state index < -0.39 is 0 Å². The van der Waals surface area contributed by atoms with Crippen LogP contribution in [0.15, 0.2) is 48.5 Å². The maximum absolute atomic E-state index is 4.83. The molecule has 29 heavy (non-hydrogen) atoms. The standard InChI is InChI=1S/C20H14N4.C4H10O/c1-2-14-10-16-5-6-18(23-16)12-20-8-7-19(24-20)11-17-4-3-15(22-17)9-13(1)21-14;1-3-5-4-2/h1-12,21-22H;3-4H2,1-2H3. The van der Waals surface area contributed by atoms with Gasteiger partial charge in [0.2, 0.25) is 0 Å². The van der Waals surface area contributed by atoms with Crippen molar-refractivity contribution in [3.8, 4) is 0 Å². The fraction of sp³-hybridized carbons (Fsp3) is 0.167. The number of ether oxygens (including phenoxy) is 1. The van der Waals surface area contributed by atoms with Crippen LogP contribution in [0.1, 0.15) is 36.6 Å². The second-order valence-corrected chi connectivity index (χ2v) is 6.69. The zero-order valence-corrected chi connectivity index (χ0v) is 16.6. The Labute approximate surface area is 169 Å². The molecule has 8 bridgehead atoms. The Morgan fingerprint density at radius 2 is 0.966 bits per heavy atom. The van der Waals surface area contributed by atoms with Gasteiger partial charge in [-0.2, -0.15) is 0 Å². The molecule has 5 heteroatoms. The highest BCUT2D eigenvalue weighted by Gasteiger charge is 2.02. The second kappa shape index (κ2) is 8.71. The summed E-state index contributed by atoms with van der Waals surface area (Å²) in [5.74, 6) is 0. The van der Waals surface area contributed by atoms with Gasteiger partial charge in [0.15, 0.2) is 0 Å². The summed E-state index contributed by atoms with van der Waals surface area (Å²) in [6.07, 6.45) is 8.05. The zero-order chi connectivity index (χ0) is 20.1. The van der Waals surface area contributed by atoms with Gasteiger partial charge in [-0.25, -0.2) is 9.97 Å². The van der Waals surface area contributed by atoms with Crippen LogP contribution in [0.4, 0.5) is 0 Å². The smallest absolute Gasteiger partial charge is 0.0659 e. The zero-order valence-electron chi connectivity index (χ0n) is 16.6. The first-order chi connectivity index (χ1) is 14.2. The van der Waals surface area contributed by atoms with Crippen molar-refractivity contribution in [1.82, 2.24) is 19.9 Å². The molecule has 0 spiro atoms. The van der Waals surface area contributed by atoms with Gasteiger partial charge in [0.05, 0.1) is 22.8 Å². The van der Waals surface area contributed by atoms with Crippen LogP contribution in [0, 0.1) is 0 Å². The lowest BCUT2D eigenvalue weighted by molar-refractivity contribution is 0.162. The van der Waals surface area contributed by atoms with Gasteiger partial charge in [0, 0.05) is 35.3 Å². The molecule has 0 saturated heterocycles. The van der Waals surface area contributed by atoms with Gasteiger partial charge in [-0.3, -0.25) is 0 Å². The number of hydrogen-bond donors (Lipinski definition) is 2. The molecule has 0 unspecified atom stereocenters. The number of aromatic nitrogens is 4. The van der Waals surface area contributed by atoms with E-state index in [1.54, 1.807) is 0 Å². The largest absolute Gasteiger partial charge is 0.382 e. The molecule has 2 N–H and O–H groups in total. The van der Waals surface area contributed by atoms with Gasteiger partial charge in [0.25, 0.3) is 0 Å². The van der Waals surface area contributed by atoms with Crippen molar-refractivity contribution in [2.45, 2.75) is 13.8 Å². The molecule has 0 aromatic carbocycles. The summed E-state index contributed by atoms with van der Waals surface area (Å²) in [7, 11) is 0. The minimum Gasteiger partial charge on any atom is -0.382 e. The van der Waals surface area contributed by atoms with Gasteiger partial charge in [-0.1, -0.05) is 0 Å². The lowest BCUT2D eigenvalue weighted by atomic mass is 10.3. The Bertz CT molecular complexity index is 1120. The van der Waals surface area contributed by atoms with Crippen molar-refractivity contribution in [2.75, 3.05) is 13.2 Å². The average Bonchev–Trinajstić information content (AvgIpc) is 3.48. The molecule has 5 rings (SSSR count). The molecule has 146 valence electrons. The fourth-order valence-corrected chi connectivity index (χ4v) is 3.15. The minimum absolute atomic E-state index is 0.844. The first-order valence-electron chi connectivity index (χ1n) is 9.84. The van der Waals surface area contributed by atoms with Gasteiger partial charge in [-0.15, -0.1) is 0 Å². The molecule has 0 atom stereocenters. The van der Waals surface area contributed by atoms with Gasteiger partial charge in [0.1, 0.15) is 0 Å². The molecule has 5 heterocycles. The molecule has 0 radical (unpaired) electrons. The van der Waals surface area contributed by atoms with E-state index in [0.717, 1.165) is 58.1 Å². The van der Waals surface area contributed by atoms with Crippen molar-refractivity contribution < 1.29 is 4.74 Å². The number of fused-ring (bicyclic) bond motifs is 8. The van der Waals surface area contributed by atoms with E-state index in [9.17, 15) is 0 Å². The Balaban J connectivity index is 0.000000369. The van der Waals surface area contributed by atoms with Crippen LogP contribution in [0.5, 0.6) is 0 Å². The minimum atomic E-state index is 0.844. The van der Waals surface area contributed by atoms with Crippen molar-refractivity contribution in [3.05, 3.63) is 71.3 Å². The maximum atomic E-state index is 4.83. The first kappa shape index (κ1) is 18.9. The number of hydrogen-bond acceptors (Lipinski definition) is 3. The Morgan fingerprint density at radius 1 is 0.586 bits per heavy atom. The van der Waals surface area contributed by atoms with E-state index in [2.05, 4.69) is 50.3 Å². The molecule has 2 aliphatic heterocycles. The van der Waals surface area contributed by atoms with Crippen LogP contribution in [0.3, 0.4) is 0 Å². The Morgan fingerprint density at radius 3 is 1.34 bits per heavy atom. The molecule has 5 nitrogen and oxygen atoms in total. The topological polar surface area (TPSA) is 66.6 Å². The SMILES string of the molecule is C1=Cc2cc3ccc(cc4ccc(cc5nc(cc1n2)C=C5)[nH]4)[nH]3.CCOCC. The molecule has 0 saturated carbocycles. The van der Waals surface area contributed by atoms with Crippen LogP contribution in [0.2, 0.25) is 0 Å². The molecule has 0 aliphatic carbocycles. The van der Waals surface area contributed by atoms with E-state index in [-0.39, 0.29) is 0 Å². The third kappa shape index (κ3) is 4.89. The van der Waals surface area contributed by atoms with Crippen molar-refractivity contribution in [1.29, 1.82) is 0 Å². The Hall–Kier alpha value is -3.44. The van der Waals surface area contributed by atoms with E-state index in [1.807, 2.05) is 56.4 Å². The summed E-state index contributed by atoms with van der Waals surface area (Å²) in [6, 6.07) is 16.4. The van der Waals surface area contributed by atoms with E-state index >= 15 is 0 Å². The predicted octanol–water partition coefficient (Wildman–Crippen LogP) is 5.70. The molecule has 3 aromatic heterocycles. The molecular formula is C24H24N4O. The number of rotatable bonds is 2. The van der Waals surface area contributed by atoms with Crippen LogP contribution in [-0.4, -0.2) is 33.1 Å². The number of nitrogens with zero attached hydrogens (tertiary/aromatic N) is 2. The summed E-state index contributed by atoms with van der Waals surface area (Å²) in [6.45, 7) is 5.67. The highest BCUT2D eigenvalue weighted by Crippen LogP contribution is 2.17. The van der Waals surface area contributed by atoms with Crippen molar-refractivity contribution in [2.24, 2.45) is 0 Å². The summed E-state index contributed by atoms with van der Waals surface area (Å²) >= 11 is 0. The van der Waals surface area contributed by atoms with E-state index in [4.69, 9.17) is 4.74 Å². The fourth-order valence-electron chi connectivity index (χ4n) is 3.15. The molecule has 3 aromatic rings. The first-order valence-corrected chi connectivity index (χ1v) is 9.84. The molecule has 0 amide bonds. The monoisotopic (exact) mass is 384 g/mol. The number of aromatic amines is 2. The summed E-state index contributed by atoms with van der Waals surface area (Å²) in [4.78, 5) is 16.0.